The summed E-state index contributed by atoms with van der Waals surface area (Å²) in [5, 5.41) is 26.9. The van der Waals surface area contributed by atoms with E-state index in [4.69, 9.17) is 28.0 Å². The fourth-order valence-corrected chi connectivity index (χ4v) is 2.06. The van der Waals surface area contributed by atoms with E-state index < -0.39 is 5.60 Å². The fourth-order valence-electron chi connectivity index (χ4n) is 1.76. The molecule has 2 rings (SSSR count). The van der Waals surface area contributed by atoms with Crippen molar-refractivity contribution in [2.45, 2.75) is 26.4 Å². The van der Waals surface area contributed by atoms with Gasteiger partial charge in [0.1, 0.15) is 5.60 Å². The van der Waals surface area contributed by atoms with Crippen LogP contribution < -0.4 is 4.73 Å². The summed E-state index contributed by atoms with van der Waals surface area (Å²) in [6.45, 7) is 5.46. The van der Waals surface area contributed by atoms with Crippen LogP contribution in [0.15, 0.2) is 41.7 Å². The Morgan fingerprint density at radius 3 is 2.48 bits per heavy atom. The summed E-state index contributed by atoms with van der Waals surface area (Å²) in [7, 11) is 0. The van der Waals surface area contributed by atoms with E-state index in [1.54, 1.807) is 18.2 Å². The van der Waals surface area contributed by atoms with Crippen LogP contribution in [0.4, 0.5) is 0 Å². The second-order valence-electron chi connectivity index (χ2n) is 5.84. The van der Waals surface area contributed by atoms with Gasteiger partial charge in [-0.25, -0.2) is 0 Å². The van der Waals surface area contributed by atoms with E-state index in [1.807, 2.05) is 20.8 Å². The van der Waals surface area contributed by atoms with Crippen molar-refractivity contribution in [2.24, 2.45) is 5.16 Å². The normalized spacial score (nSPS) is 12.3. The molecule has 0 amide bonds. The van der Waals surface area contributed by atoms with Gasteiger partial charge in [0.2, 0.25) is 0 Å². The first kappa shape index (κ1) is 17.4. The lowest BCUT2D eigenvalue weighted by Gasteiger charge is -2.17. The molecule has 2 aromatic rings. The lowest BCUT2D eigenvalue weighted by molar-refractivity contribution is -0.607. The zero-order valence-corrected chi connectivity index (χ0v) is 14.4. The molecule has 0 fully saturated rings. The average molecular weight is 355 g/mol. The lowest BCUT2D eigenvalue weighted by Crippen LogP contribution is -2.35. The summed E-state index contributed by atoms with van der Waals surface area (Å²) in [5.74, 6) is -0.218. The Bertz CT molecular complexity index is 735. The molecule has 0 spiro atoms. The highest BCUT2D eigenvalue weighted by atomic mass is 35.5. The topological polar surface area (TPSA) is 68.8 Å². The van der Waals surface area contributed by atoms with E-state index in [-0.39, 0.29) is 17.2 Å². The molecule has 7 heteroatoms. The zero-order chi connectivity index (χ0) is 17.2. The highest BCUT2D eigenvalue weighted by Crippen LogP contribution is 2.26. The predicted octanol–water partition coefficient (Wildman–Crippen LogP) is 3.90. The van der Waals surface area contributed by atoms with Gasteiger partial charge in [-0.2, -0.15) is 4.73 Å². The number of hydrogen-bond donors (Lipinski definition) is 1. The van der Waals surface area contributed by atoms with Gasteiger partial charge in [0.25, 0.3) is 5.69 Å². The van der Waals surface area contributed by atoms with Crippen LogP contribution in [-0.4, -0.2) is 16.4 Å². The Kier molecular flexibility index (Phi) is 5.02. The second kappa shape index (κ2) is 6.64. The summed E-state index contributed by atoms with van der Waals surface area (Å²) in [6, 6.07) is 7.62. The van der Waals surface area contributed by atoms with Crippen molar-refractivity contribution >= 4 is 28.9 Å². The molecule has 1 aromatic heterocycles. The van der Waals surface area contributed by atoms with E-state index in [0.29, 0.717) is 20.3 Å². The van der Waals surface area contributed by atoms with Crippen molar-refractivity contribution in [3.8, 4) is 5.75 Å². The standard InChI is InChI=1S/C16H16Cl2N2O3/c1-16(2,3)23-19-14(10-6-7-11(17)12(18)9-10)15-13(21)5-4-8-20(15)22/h4-9,21H,1-3H3/b19-14+. The number of hydrogen-bond acceptors (Lipinski definition) is 4. The first-order valence-corrected chi connectivity index (χ1v) is 7.58. The summed E-state index contributed by atoms with van der Waals surface area (Å²) >= 11 is 12.0. The van der Waals surface area contributed by atoms with Gasteiger partial charge in [-0.3, -0.25) is 0 Å². The number of pyridine rings is 1. The van der Waals surface area contributed by atoms with Crippen LogP contribution in [0.1, 0.15) is 32.0 Å². The maximum Gasteiger partial charge on any atom is 0.288 e. The zero-order valence-electron chi connectivity index (χ0n) is 12.9. The van der Waals surface area contributed by atoms with Crippen molar-refractivity contribution in [2.75, 3.05) is 0 Å². The van der Waals surface area contributed by atoms with Gasteiger partial charge in [0, 0.05) is 11.6 Å². The minimum absolute atomic E-state index is 0.0323. The van der Waals surface area contributed by atoms with Gasteiger partial charge >= 0.3 is 0 Å². The largest absolute Gasteiger partial charge is 0.618 e. The van der Waals surface area contributed by atoms with Gasteiger partial charge in [0.05, 0.1) is 10.0 Å². The number of halogens is 2. The highest BCUT2D eigenvalue weighted by Gasteiger charge is 2.24. The minimum atomic E-state index is -0.570. The minimum Gasteiger partial charge on any atom is -0.618 e. The molecule has 0 saturated carbocycles. The lowest BCUT2D eigenvalue weighted by atomic mass is 10.1. The third kappa shape index (κ3) is 4.27. The molecule has 0 aliphatic heterocycles. The summed E-state index contributed by atoms with van der Waals surface area (Å²) in [6.07, 6.45) is 1.26. The Labute approximate surface area is 144 Å². The van der Waals surface area contributed by atoms with Crippen LogP contribution in [-0.2, 0) is 4.84 Å². The molecule has 0 aliphatic carbocycles. The van der Waals surface area contributed by atoms with E-state index in [0.717, 1.165) is 0 Å². The van der Waals surface area contributed by atoms with Crippen LogP contribution in [0.5, 0.6) is 5.75 Å². The average Bonchev–Trinajstić information content (AvgIpc) is 2.44. The van der Waals surface area contributed by atoms with Crippen molar-refractivity contribution < 1.29 is 14.7 Å². The molecule has 0 atom stereocenters. The molecule has 1 heterocycles. The van der Waals surface area contributed by atoms with Crippen LogP contribution in [0.2, 0.25) is 10.0 Å². The number of nitrogens with zero attached hydrogens (tertiary/aromatic N) is 2. The third-order valence-electron chi connectivity index (χ3n) is 2.77. The molecule has 1 aromatic carbocycles. The Morgan fingerprint density at radius 2 is 1.91 bits per heavy atom. The molecular weight excluding hydrogens is 339 g/mol. The van der Waals surface area contributed by atoms with E-state index in [1.165, 1.54) is 18.3 Å². The molecule has 23 heavy (non-hydrogen) atoms. The third-order valence-corrected chi connectivity index (χ3v) is 3.51. The van der Waals surface area contributed by atoms with E-state index in [2.05, 4.69) is 5.16 Å². The molecule has 0 aliphatic rings. The molecule has 0 unspecified atom stereocenters. The molecule has 0 bridgehead atoms. The van der Waals surface area contributed by atoms with Crippen molar-refractivity contribution in [1.82, 2.24) is 0 Å². The summed E-state index contributed by atoms with van der Waals surface area (Å²) in [5.41, 5.74) is 0.0519. The number of rotatable bonds is 3. The molecule has 5 nitrogen and oxygen atoms in total. The van der Waals surface area contributed by atoms with Gasteiger partial charge in [-0.1, -0.05) is 34.4 Å². The Balaban J connectivity index is 2.63. The monoisotopic (exact) mass is 354 g/mol. The number of oxime groups is 1. The maximum absolute atomic E-state index is 12.1. The molecule has 122 valence electrons. The van der Waals surface area contributed by atoms with Crippen molar-refractivity contribution in [3.63, 3.8) is 0 Å². The van der Waals surface area contributed by atoms with E-state index in [9.17, 15) is 10.3 Å². The number of aromatic hydroxyl groups is 1. The first-order chi connectivity index (χ1) is 10.7. The van der Waals surface area contributed by atoms with Crippen molar-refractivity contribution in [3.05, 3.63) is 63.0 Å². The summed E-state index contributed by atoms with van der Waals surface area (Å²) in [4.78, 5) is 5.43. The predicted molar refractivity (Wildman–Crippen MR) is 90.0 cm³/mol. The Morgan fingerprint density at radius 1 is 1.22 bits per heavy atom. The second-order valence-corrected chi connectivity index (χ2v) is 6.65. The molecule has 1 N–H and O–H groups in total. The molecule has 0 radical (unpaired) electrons. The quantitative estimate of drug-likeness (QED) is 0.393. The van der Waals surface area contributed by atoms with Crippen LogP contribution >= 0.6 is 23.2 Å². The smallest absolute Gasteiger partial charge is 0.288 e. The van der Waals surface area contributed by atoms with Gasteiger partial charge in [-0.05, 0) is 39.0 Å². The molecule has 0 saturated heterocycles. The summed E-state index contributed by atoms with van der Waals surface area (Å²) < 4.78 is 0.517. The highest BCUT2D eigenvalue weighted by molar-refractivity contribution is 6.42. The SMILES string of the molecule is CC(C)(C)O/N=C(\c1ccc(Cl)c(Cl)c1)c1c(O)ccc[n+]1[O-]. The van der Waals surface area contributed by atoms with Crippen LogP contribution in [0.3, 0.4) is 0 Å². The van der Waals surface area contributed by atoms with Gasteiger partial charge in [0.15, 0.2) is 17.7 Å². The molecular formula is C16H16Cl2N2O3. The van der Waals surface area contributed by atoms with Gasteiger partial charge in [-0.15, -0.1) is 0 Å². The Hall–Kier alpha value is -1.98. The fraction of sp³-hybridized carbons (Fsp3) is 0.250. The first-order valence-electron chi connectivity index (χ1n) is 6.82. The maximum atomic E-state index is 12.1. The van der Waals surface area contributed by atoms with Crippen LogP contribution in [0.25, 0.3) is 0 Å². The van der Waals surface area contributed by atoms with Gasteiger partial charge < -0.3 is 15.2 Å². The van der Waals surface area contributed by atoms with Crippen LogP contribution in [0, 0.1) is 5.21 Å². The number of aromatic nitrogens is 1. The van der Waals surface area contributed by atoms with E-state index >= 15 is 0 Å². The van der Waals surface area contributed by atoms with Crippen molar-refractivity contribution in [1.29, 1.82) is 0 Å². The number of benzene rings is 1.